The highest BCUT2D eigenvalue weighted by Gasteiger charge is 2.38. The zero-order chi connectivity index (χ0) is 14.2. The molecular formula is C13H19FN2O2S. The predicted molar refractivity (Wildman–Crippen MR) is 72.8 cm³/mol. The van der Waals surface area contributed by atoms with Crippen LogP contribution in [0.4, 0.5) is 10.1 Å². The van der Waals surface area contributed by atoms with E-state index < -0.39 is 15.8 Å². The van der Waals surface area contributed by atoms with Crippen molar-refractivity contribution in [1.82, 2.24) is 4.31 Å². The lowest BCUT2D eigenvalue weighted by Crippen LogP contribution is -2.34. The third-order valence-electron chi connectivity index (χ3n) is 3.31. The maximum absolute atomic E-state index is 13.9. The third-order valence-corrected chi connectivity index (χ3v) is 5.27. The van der Waals surface area contributed by atoms with Gasteiger partial charge < -0.3 is 5.73 Å². The van der Waals surface area contributed by atoms with Crippen molar-refractivity contribution in [2.45, 2.75) is 44.0 Å². The monoisotopic (exact) mass is 286 g/mol. The first kappa shape index (κ1) is 14.3. The molecule has 1 fully saturated rings. The molecule has 0 saturated heterocycles. The van der Waals surface area contributed by atoms with Gasteiger partial charge in [0.05, 0.1) is 0 Å². The number of rotatable bonds is 5. The third kappa shape index (κ3) is 2.74. The minimum atomic E-state index is -3.79. The lowest BCUT2D eigenvalue weighted by atomic mass is 10.2. The van der Waals surface area contributed by atoms with E-state index in [1.54, 1.807) is 6.92 Å². The highest BCUT2D eigenvalue weighted by Crippen LogP contribution is 2.33. The molecule has 0 spiro atoms. The Labute approximate surface area is 113 Å². The second-order valence-corrected chi connectivity index (χ2v) is 6.85. The van der Waals surface area contributed by atoms with Gasteiger partial charge in [-0.05, 0) is 43.9 Å². The van der Waals surface area contributed by atoms with E-state index in [4.69, 9.17) is 5.73 Å². The van der Waals surface area contributed by atoms with Crippen molar-refractivity contribution >= 4 is 15.7 Å². The normalized spacial score (nSPS) is 16.0. The Morgan fingerprint density at radius 3 is 2.58 bits per heavy atom. The summed E-state index contributed by atoms with van der Waals surface area (Å²) in [6.07, 6.45) is 2.41. The Kier molecular flexibility index (Phi) is 3.82. The number of hydrogen-bond acceptors (Lipinski definition) is 3. The van der Waals surface area contributed by atoms with Gasteiger partial charge in [-0.3, -0.25) is 0 Å². The minimum Gasteiger partial charge on any atom is -0.398 e. The van der Waals surface area contributed by atoms with Gasteiger partial charge in [-0.15, -0.1) is 0 Å². The Bertz CT molecular complexity index is 583. The first-order valence-electron chi connectivity index (χ1n) is 6.45. The molecule has 1 aromatic carbocycles. The van der Waals surface area contributed by atoms with Gasteiger partial charge in [0.15, 0.2) is 0 Å². The highest BCUT2D eigenvalue weighted by molar-refractivity contribution is 7.89. The predicted octanol–water partition coefficient (Wildman–Crippen LogP) is 2.28. The number of aryl methyl sites for hydroxylation is 1. The first-order chi connectivity index (χ1) is 8.87. The summed E-state index contributed by atoms with van der Waals surface area (Å²) >= 11 is 0. The van der Waals surface area contributed by atoms with Crippen LogP contribution >= 0.6 is 0 Å². The largest absolute Gasteiger partial charge is 0.398 e. The van der Waals surface area contributed by atoms with E-state index in [9.17, 15) is 12.8 Å². The first-order valence-corrected chi connectivity index (χ1v) is 7.89. The SMILES string of the molecule is CCCN(C1CC1)S(=O)(=O)c1cc(N)c(C)cc1F. The summed E-state index contributed by atoms with van der Waals surface area (Å²) < 4.78 is 40.4. The van der Waals surface area contributed by atoms with E-state index >= 15 is 0 Å². The molecule has 0 heterocycles. The summed E-state index contributed by atoms with van der Waals surface area (Å²) in [6.45, 7) is 3.98. The van der Waals surface area contributed by atoms with Crippen LogP contribution in [-0.4, -0.2) is 25.3 Å². The summed E-state index contributed by atoms with van der Waals surface area (Å²) in [7, 11) is -3.79. The molecule has 6 heteroatoms. The lowest BCUT2D eigenvalue weighted by Gasteiger charge is -2.22. The smallest absolute Gasteiger partial charge is 0.246 e. The second kappa shape index (κ2) is 5.09. The lowest BCUT2D eigenvalue weighted by molar-refractivity contribution is 0.400. The minimum absolute atomic E-state index is 0.0203. The summed E-state index contributed by atoms with van der Waals surface area (Å²) in [5, 5.41) is 0. The molecule has 0 bridgehead atoms. The van der Waals surface area contributed by atoms with Crippen molar-refractivity contribution in [1.29, 1.82) is 0 Å². The Balaban J connectivity index is 2.46. The van der Waals surface area contributed by atoms with Crippen LogP contribution in [0.25, 0.3) is 0 Å². The van der Waals surface area contributed by atoms with Crippen LogP contribution in [0.2, 0.25) is 0 Å². The standard InChI is InChI=1S/C13H19FN2O2S/c1-3-6-16(10-4-5-10)19(17,18)13-8-12(15)9(2)7-11(13)14/h7-8,10H,3-6,15H2,1-2H3. The molecule has 2 N–H and O–H groups in total. The zero-order valence-electron chi connectivity index (χ0n) is 11.2. The van der Waals surface area contributed by atoms with E-state index in [0.29, 0.717) is 24.2 Å². The van der Waals surface area contributed by atoms with E-state index in [1.165, 1.54) is 16.4 Å². The van der Waals surface area contributed by atoms with Crippen LogP contribution in [0.15, 0.2) is 17.0 Å². The molecule has 1 aromatic rings. The summed E-state index contributed by atoms with van der Waals surface area (Å²) in [5.74, 6) is -0.728. The number of benzene rings is 1. The van der Waals surface area contributed by atoms with E-state index in [-0.39, 0.29) is 10.9 Å². The number of nitrogens with zero attached hydrogens (tertiary/aromatic N) is 1. The van der Waals surface area contributed by atoms with Gasteiger partial charge in [-0.2, -0.15) is 4.31 Å². The Hall–Kier alpha value is -1.14. The maximum Gasteiger partial charge on any atom is 0.246 e. The van der Waals surface area contributed by atoms with Crippen LogP contribution < -0.4 is 5.73 Å². The molecule has 1 saturated carbocycles. The number of anilines is 1. The topological polar surface area (TPSA) is 63.4 Å². The average Bonchev–Trinajstić information content (AvgIpc) is 3.14. The molecule has 0 unspecified atom stereocenters. The summed E-state index contributed by atoms with van der Waals surface area (Å²) in [4.78, 5) is -0.309. The van der Waals surface area contributed by atoms with Gasteiger partial charge in [0.2, 0.25) is 10.0 Å². The van der Waals surface area contributed by atoms with E-state index in [1.807, 2.05) is 6.92 Å². The molecule has 0 aliphatic heterocycles. The van der Waals surface area contributed by atoms with Crippen molar-refractivity contribution < 1.29 is 12.8 Å². The quantitative estimate of drug-likeness (QED) is 0.845. The van der Waals surface area contributed by atoms with Crippen LogP contribution in [-0.2, 0) is 10.0 Å². The molecule has 2 rings (SSSR count). The summed E-state index contributed by atoms with van der Waals surface area (Å²) in [5.41, 5.74) is 6.55. The molecule has 4 nitrogen and oxygen atoms in total. The fourth-order valence-electron chi connectivity index (χ4n) is 2.07. The van der Waals surface area contributed by atoms with Gasteiger partial charge in [0.1, 0.15) is 10.7 Å². The fourth-order valence-corrected chi connectivity index (χ4v) is 3.93. The van der Waals surface area contributed by atoms with Gasteiger partial charge >= 0.3 is 0 Å². The molecule has 1 aliphatic rings. The van der Waals surface area contributed by atoms with Crippen LogP contribution in [0.3, 0.4) is 0 Å². The molecule has 0 radical (unpaired) electrons. The van der Waals surface area contributed by atoms with Crippen LogP contribution in [0.5, 0.6) is 0 Å². The van der Waals surface area contributed by atoms with Crippen LogP contribution in [0.1, 0.15) is 31.7 Å². The van der Waals surface area contributed by atoms with Crippen molar-refractivity contribution in [3.05, 3.63) is 23.5 Å². The molecule has 0 atom stereocenters. The van der Waals surface area contributed by atoms with Gasteiger partial charge in [0, 0.05) is 18.3 Å². The number of halogens is 1. The number of hydrogen-bond donors (Lipinski definition) is 1. The number of nitrogens with two attached hydrogens (primary N) is 1. The fraction of sp³-hybridized carbons (Fsp3) is 0.538. The molecule has 1 aliphatic carbocycles. The Morgan fingerprint density at radius 1 is 1.42 bits per heavy atom. The number of nitrogen functional groups attached to an aromatic ring is 1. The molecular weight excluding hydrogens is 267 g/mol. The van der Waals surface area contributed by atoms with Crippen molar-refractivity contribution in [2.24, 2.45) is 0 Å². The van der Waals surface area contributed by atoms with Gasteiger partial charge in [-0.1, -0.05) is 6.92 Å². The molecule has 0 amide bonds. The van der Waals surface area contributed by atoms with Crippen molar-refractivity contribution in [2.75, 3.05) is 12.3 Å². The number of sulfonamides is 1. The van der Waals surface area contributed by atoms with Crippen molar-refractivity contribution in [3.63, 3.8) is 0 Å². The van der Waals surface area contributed by atoms with Gasteiger partial charge in [0.25, 0.3) is 0 Å². The van der Waals surface area contributed by atoms with Crippen molar-refractivity contribution in [3.8, 4) is 0 Å². The molecule has 19 heavy (non-hydrogen) atoms. The second-order valence-electron chi connectivity index (χ2n) is 4.99. The molecule has 0 aromatic heterocycles. The summed E-state index contributed by atoms with van der Waals surface area (Å²) in [6, 6.07) is 2.43. The van der Waals surface area contributed by atoms with Gasteiger partial charge in [-0.25, -0.2) is 12.8 Å². The van der Waals surface area contributed by atoms with Crippen LogP contribution in [0, 0.1) is 12.7 Å². The molecule has 106 valence electrons. The van der Waals surface area contributed by atoms with E-state index in [2.05, 4.69) is 0 Å². The zero-order valence-corrected chi connectivity index (χ0v) is 12.0. The Morgan fingerprint density at radius 2 is 2.05 bits per heavy atom. The highest BCUT2D eigenvalue weighted by atomic mass is 32.2. The van der Waals surface area contributed by atoms with E-state index in [0.717, 1.165) is 12.8 Å². The average molecular weight is 286 g/mol. The maximum atomic E-state index is 13.9.